The van der Waals surface area contributed by atoms with Gasteiger partial charge in [-0.25, -0.2) is 0 Å². The Morgan fingerprint density at radius 2 is 2.31 bits per heavy atom. The summed E-state index contributed by atoms with van der Waals surface area (Å²) in [6.07, 6.45) is 1.12. The molecule has 0 aliphatic rings. The number of nitrogens with two attached hydrogens (primary N) is 1. The fourth-order valence-corrected chi connectivity index (χ4v) is 0.946. The van der Waals surface area contributed by atoms with Gasteiger partial charge in [-0.05, 0) is 13.8 Å². The van der Waals surface area contributed by atoms with Crippen molar-refractivity contribution >= 4 is 23.7 Å². The van der Waals surface area contributed by atoms with Gasteiger partial charge in [-0.2, -0.15) is 5.10 Å². The summed E-state index contributed by atoms with van der Waals surface area (Å²) in [6, 6.07) is 0.0273. The van der Waals surface area contributed by atoms with Gasteiger partial charge in [0.25, 0.3) is 0 Å². The molecule has 0 aliphatic heterocycles. The van der Waals surface area contributed by atoms with Crippen molar-refractivity contribution in [3.8, 4) is 0 Å². The smallest absolute Gasteiger partial charge is 0.194 e. The van der Waals surface area contributed by atoms with Crippen molar-refractivity contribution in [2.45, 2.75) is 19.9 Å². The zero-order valence-corrected chi connectivity index (χ0v) is 8.58. The molecule has 0 aromatic carbocycles. The lowest BCUT2D eigenvalue weighted by Crippen LogP contribution is -2.29. The van der Waals surface area contributed by atoms with Crippen LogP contribution in [0.4, 0.5) is 0 Å². The van der Waals surface area contributed by atoms with Gasteiger partial charge in [0.1, 0.15) is 6.34 Å². The van der Waals surface area contributed by atoms with Crippen molar-refractivity contribution in [2.75, 3.05) is 5.88 Å². The van der Waals surface area contributed by atoms with Crippen LogP contribution in [0.1, 0.15) is 13.8 Å². The number of Topliss-reactive ketones (excluding diaryl/α,β-unsaturated/α-hetero) is 1. The number of hydrogen-bond donors (Lipinski definition) is 1. The number of rotatable bonds is 5. The Kier molecular flexibility index (Phi) is 5.14. The third-order valence-corrected chi connectivity index (χ3v) is 1.64. The summed E-state index contributed by atoms with van der Waals surface area (Å²) in [5, 5.41) is 5.23. The minimum atomic E-state index is -0.249. The third kappa shape index (κ3) is 3.46. The standard InChI is InChI=1S/C8H14ClN3O/c1-6(2)12(11-5-10)7(3)8(13)4-9/h5-6H,3-4H2,1-2H3,(H2,10,11). The lowest BCUT2D eigenvalue weighted by atomic mass is 10.3. The maximum absolute atomic E-state index is 11.1. The Labute approximate surface area is 83.0 Å². The van der Waals surface area contributed by atoms with Crippen LogP contribution in [0.2, 0.25) is 0 Å². The molecule has 74 valence electrons. The Hall–Kier alpha value is -1.03. The van der Waals surface area contributed by atoms with Crippen molar-refractivity contribution in [1.82, 2.24) is 5.01 Å². The number of allylic oxidation sites excluding steroid dienone is 1. The van der Waals surface area contributed by atoms with E-state index in [1.54, 1.807) is 0 Å². The minimum absolute atomic E-state index is 0.0273. The largest absolute Gasteiger partial charge is 0.388 e. The van der Waals surface area contributed by atoms with Gasteiger partial charge in [0.15, 0.2) is 5.78 Å². The van der Waals surface area contributed by atoms with E-state index in [2.05, 4.69) is 11.7 Å². The molecule has 0 bridgehead atoms. The van der Waals surface area contributed by atoms with Gasteiger partial charge in [0, 0.05) is 6.04 Å². The van der Waals surface area contributed by atoms with Crippen LogP contribution in [-0.4, -0.2) is 29.1 Å². The number of nitrogens with zero attached hydrogens (tertiary/aromatic N) is 2. The first-order valence-corrected chi connectivity index (χ1v) is 4.39. The van der Waals surface area contributed by atoms with E-state index in [0.717, 1.165) is 6.34 Å². The molecule has 0 radical (unpaired) electrons. The molecule has 0 saturated heterocycles. The Balaban J connectivity index is 4.56. The summed E-state index contributed by atoms with van der Waals surface area (Å²) in [5.74, 6) is -0.344. The highest BCUT2D eigenvalue weighted by Gasteiger charge is 2.15. The zero-order valence-electron chi connectivity index (χ0n) is 7.83. The normalized spacial score (nSPS) is 10.8. The molecule has 0 unspecified atom stereocenters. The van der Waals surface area contributed by atoms with Crippen molar-refractivity contribution in [3.63, 3.8) is 0 Å². The van der Waals surface area contributed by atoms with Gasteiger partial charge >= 0.3 is 0 Å². The monoisotopic (exact) mass is 203 g/mol. The average molecular weight is 204 g/mol. The van der Waals surface area contributed by atoms with E-state index >= 15 is 0 Å². The molecule has 0 aliphatic carbocycles. The maximum atomic E-state index is 11.1. The van der Waals surface area contributed by atoms with Crippen LogP contribution in [0.15, 0.2) is 17.4 Å². The highest BCUT2D eigenvalue weighted by Crippen LogP contribution is 2.09. The van der Waals surface area contributed by atoms with Gasteiger partial charge in [0.2, 0.25) is 0 Å². The molecular formula is C8H14ClN3O. The Morgan fingerprint density at radius 3 is 2.62 bits per heavy atom. The highest BCUT2D eigenvalue weighted by molar-refractivity contribution is 6.30. The van der Waals surface area contributed by atoms with Crippen LogP contribution in [0.25, 0.3) is 0 Å². The Morgan fingerprint density at radius 1 is 1.77 bits per heavy atom. The van der Waals surface area contributed by atoms with E-state index in [4.69, 9.17) is 17.3 Å². The number of carbonyl (C=O) groups excluding carboxylic acids is 1. The molecule has 5 heteroatoms. The van der Waals surface area contributed by atoms with E-state index in [-0.39, 0.29) is 23.4 Å². The number of hydrazone groups is 1. The lowest BCUT2D eigenvalue weighted by molar-refractivity contribution is -0.115. The topological polar surface area (TPSA) is 58.7 Å². The Bertz CT molecular complexity index is 225. The van der Waals surface area contributed by atoms with Crippen LogP contribution in [0, 0.1) is 0 Å². The van der Waals surface area contributed by atoms with Crippen molar-refractivity contribution < 1.29 is 4.79 Å². The summed E-state index contributed by atoms with van der Waals surface area (Å²) < 4.78 is 0. The predicted octanol–water partition coefficient (Wildman–Crippen LogP) is 0.920. The van der Waals surface area contributed by atoms with E-state index in [0.29, 0.717) is 0 Å². The van der Waals surface area contributed by atoms with E-state index in [1.807, 2.05) is 13.8 Å². The van der Waals surface area contributed by atoms with Crippen molar-refractivity contribution in [3.05, 3.63) is 12.3 Å². The van der Waals surface area contributed by atoms with Crippen LogP contribution in [-0.2, 0) is 4.79 Å². The molecule has 0 atom stereocenters. The summed E-state index contributed by atoms with van der Waals surface area (Å²) in [5.41, 5.74) is 5.38. The number of alkyl halides is 1. The van der Waals surface area contributed by atoms with Gasteiger partial charge in [-0.3, -0.25) is 9.80 Å². The number of ketones is 1. The summed E-state index contributed by atoms with van der Waals surface area (Å²) in [4.78, 5) is 11.1. The molecule has 2 N–H and O–H groups in total. The maximum Gasteiger partial charge on any atom is 0.194 e. The molecule has 0 amide bonds. The number of hydrogen-bond acceptors (Lipinski definition) is 3. The first-order chi connectivity index (χ1) is 6.04. The second-order valence-electron chi connectivity index (χ2n) is 2.71. The minimum Gasteiger partial charge on any atom is -0.388 e. The lowest BCUT2D eigenvalue weighted by Gasteiger charge is -2.23. The van der Waals surface area contributed by atoms with Gasteiger partial charge in [0.05, 0.1) is 11.6 Å². The van der Waals surface area contributed by atoms with E-state index in [1.165, 1.54) is 5.01 Å². The molecule has 0 spiro atoms. The van der Waals surface area contributed by atoms with E-state index in [9.17, 15) is 4.79 Å². The first-order valence-electron chi connectivity index (χ1n) is 3.86. The zero-order chi connectivity index (χ0) is 10.4. The van der Waals surface area contributed by atoms with Crippen LogP contribution in [0.5, 0.6) is 0 Å². The summed E-state index contributed by atoms with van der Waals surface area (Å²) in [7, 11) is 0. The second-order valence-corrected chi connectivity index (χ2v) is 2.97. The quantitative estimate of drug-likeness (QED) is 0.238. The van der Waals surface area contributed by atoms with E-state index < -0.39 is 0 Å². The highest BCUT2D eigenvalue weighted by atomic mass is 35.5. The fourth-order valence-electron chi connectivity index (χ4n) is 0.791. The molecule has 0 rings (SSSR count). The molecule has 13 heavy (non-hydrogen) atoms. The summed E-state index contributed by atoms with van der Waals surface area (Å²) in [6.45, 7) is 7.34. The van der Waals surface area contributed by atoms with Crippen LogP contribution >= 0.6 is 11.6 Å². The SMILES string of the molecule is C=C(C(=O)CCl)N(/N=C\N)C(C)C. The third-order valence-electron chi connectivity index (χ3n) is 1.40. The van der Waals surface area contributed by atoms with Crippen LogP contribution < -0.4 is 5.73 Å². The van der Waals surface area contributed by atoms with Crippen molar-refractivity contribution in [2.24, 2.45) is 10.8 Å². The van der Waals surface area contributed by atoms with Gasteiger partial charge in [-0.15, -0.1) is 11.6 Å². The van der Waals surface area contributed by atoms with Crippen LogP contribution in [0.3, 0.4) is 0 Å². The van der Waals surface area contributed by atoms with Gasteiger partial charge in [-0.1, -0.05) is 6.58 Å². The summed E-state index contributed by atoms with van der Waals surface area (Å²) >= 11 is 5.38. The molecule has 0 fully saturated rings. The molecule has 0 heterocycles. The second kappa shape index (κ2) is 5.59. The van der Waals surface area contributed by atoms with Crippen molar-refractivity contribution in [1.29, 1.82) is 0 Å². The molecular weight excluding hydrogens is 190 g/mol. The molecule has 0 saturated carbocycles. The number of carbonyl (C=O) groups is 1. The first kappa shape index (κ1) is 12.0. The number of halogens is 1. The molecule has 4 nitrogen and oxygen atoms in total. The molecule has 0 aromatic heterocycles. The predicted molar refractivity (Wildman–Crippen MR) is 54.5 cm³/mol. The van der Waals surface area contributed by atoms with Gasteiger partial charge < -0.3 is 5.73 Å². The fraction of sp³-hybridized carbons (Fsp3) is 0.500. The molecule has 0 aromatic rings. The average Bonchev–Trinajstić information content (AvgIpc) is 2.11.